The molecule has 0 bridgehead atoms. The molecule has 3 aromatic rings. The lowest BCUT2D eigenvalue weighted by molar-refractivity contribution is 0.415. The Bertz CT molecular complexity index is 888. The number of thiophene rings is 1. The largest absolute Gasteiger partial charge is 0.497 e. The van der Waals surface area contributed by atoms with Gasteiger partial charge in [0.1, 0.15) is 10.4 Å². The molecular weight excluding hydrogens is 312 g/mol. The summed E-state index contributed by atoms with van der Waals surface area (Å²) in [6, 6.07) is 15.6. The monoisotopic (exact) mass is 324 g/mol. The molecule has 0 saturated heterocycles. The third kappa shape index (κ3) is 2.67. The number of pyridine rings is 1. The third-order valence-corrected chi connectivity index (χ3v) is 4.52. The Hall–Kier alpha value is -2.42. The van der Waals surface area contributed by atoms with E-state index in [2.05, 4.69) is 6.19 Å². The molecule has 22 heavy (non-hydrogen) atoms. The standard InChI is InChI=1S/C17H12N2OS2/c1-20-14-6-4-12(5-7-14)13-9-15(16-3-2-8-22-16)19(11-18)17(21)10-13/h2-10H,1H3. The van der Waals surface area contributed by atoms with Crippen molar-refractivity contribution in [1.82, 2.24) is 4.57 Å². The molecule has 3 rings (SSSR count). The quantitative estimate of drug-likeness (QED) is 0.640. The van der Waals surface area contributed by atoms with Crippen LogP contribution in [0.3, 0.4) is 0 Å². The Morgan fingerprint density at radius 1 is 1.14 bits per heavy atom. The zero-order valence-corrected chi connectivity index (χ0v) is 13.4. The van der Waals surface area contributed by atoms with Gasteiger partial charge in [-0.3, -0.25) is 0 Å². The maximum atomic E-state index is 9.36. The summed E-state index contributed by atoms with van der Waals surface area (Å²) in [5.74, 6) is 0.809. The van der Waals surface area contributed by atoms with Crippen molar-refractivity contribution >= 4 is 23.6 Å². The normalized spacial score (nSPS) is 10.2. The summed E-state index contributed by atoms with van der Waals surface area (Å²) in [5, 5.41) is 11.3. The summed E-state index contributed by atoms with van der Waals surface area (Å²) < 4.78 is 7.16. The van der Waals surface area contributed by atoms with Crippen LogP contribution in [0.25, 0.3) is 21.7 Å². The third-order valence-electron chi connectivity index (χ3n) is 3.33. The van der Waals surface area contributed by atoms with Gasteiger partial charge in [-0.05, 0) is 46.8 Å². The molecule has 0 saturated carbocycles. The molecule has 0 spiro atoms. The van der Waals surface area contributed by atoms with Gasteiger partial charge in [0.15, 0.2) is 6.19 Å². The van der Waals surface area contributed by atoms with Crippen LogP contribution in [0.2, 0.25) is 0 Å². The molecule has 0 radical (unpaired) electrons. The van der Waals surface area contributed by atoms with Crippen LogP contribution in [-0.4, -0.2) is 11.7 Å². The molecular formula is C17H12N2OS2. The molecule has 0 fully saturated rings. The number of methoxy groups -OCH3 is 1. The van der Waals surface area contributed by atoms with Gasteiger partial charge in [-0.2, -0.15) is 5.26 Å². The first-order valence-corrected chi connectivity index (χ1v) is 7.87. The van der Waals surface area contributed by atoms with Gasteiger partial charge in [0, 0.05) is 0 Å². The predicted octanol–water partition coefficient (Wildman–Crippen LogP) is 4.95. The first-order chi connectivity index (χ1) is 10.7. The predicted molar refractivity (Wildman–Crippen MR) is 91.6 cm³/mol. The average molecular weight is 324 g/mol. The average Bonchev–Trinajstić information content (AvgIpc) is 3.08. The molecule has 0 unspecified atom stereocenters. The second kappa shape index (κ2) is 6.14. The van der Waals surface area contributed by atoms with Gasteiger partial charge in [-0.1, -0.05) is 30.4 Å². The molecule has 0 amide bonds. The molecule has 0 aliphatic carbocycles. The first-order valence-electron chi connectivity index (χ1n) is 6.58. The van der Waals surface area contributed by atoms with Crippen molar-refractivity contribution in [3.05, 3.63) is 58.6 Å². The summed E-state index contributed by atoms with van der Waals surface area (Å²) in [6.07, 6.45) is 2.15. The van der Waals surface area contributed by atoms with Crippen LogP contribution in [0.15, 0.2) is 53.9 Å². The van der Waals surface area contributed by atoms with Gasteiger partial charge in [-0.25, -0.2) is 4.57 Å². The summed E-state index contributed by atoms with van der Waals surface area (Å²) in [4.78, 5) is 1.02. The smallest absolute Gasteiger partial charge is 0.190 e. The molecule has 2 heterocycles. The minimum absolute atomic E-state index is 0.499. The van der Waals surface area contributed by atoms with Crippen LogP contribution >= 0.6 is 23.6 Å². The molecule has 2 aromatic heterocycles. The molecule has 108 valence electrons. The van der Waals surface area contributed by atoms with E-state index >= 15 is 0 Å². The van der Waals surface area contributed by atoms with E-state index in [0.29, 0.717) is 4.64 Å². The Balaban J connectivity index is 2.18. The van der Waals surface area contributed by atoms with E-state index < -0.39 is 0 Å². The van der Waals surface area contributed by atoms with E-state index in [9.17, 15) is 5.26 Å². The van der Waals surface area contributed by atoms with Crippen LogP contribution in [0.5, 0.6) is 5.75 Å². The molecule has 0 aliphatic heterocycles. The summed E-state index contributed by atoms with van der Waals surface area (Å²) in [6.45, 7) is 0. The van der Waals surface area contributed by atoms with Crippen molar-refractivity contribution in [1.29, 1.82) is 5.26 Å². The van der Waals surface area contributed by atoms with Crippen molar-refractivity contribution < 1.29 is 4.74 Å². The Kier molecular flexibility index (Phi) is 4.05. The van der Waals surface area contributed by atoms with Crippen LogP contribution in [-0.2, 0) is 0 Å². The number of hydrogen-bond acceptors (Lipinski definition) is 4. The number of aromatic nitrogens is 1. The molecule has 3 nitrogen and oxygen atoms in total. The van der Waals surface area contributed by atoms with E-state index in [1.54, 1.807) is 18.4 Å². The van der Waals surface area contributed by atoms with E-state index in [1.807, 2.05) is 53.9 Å². The van der Waals surface area contributed by atoms with Gasteiger partial charge >= 0.3 is 0 Å². The van der Waals surface area contributed by atoms with Gasteiger partial charge in [0.25, 0.3) is 0 Å². The summed E-state index contributed by atoms with van der Waals surface area (Å²) in [5.41, 5.74) is 2.84. The fourth-order valence-corrected chi connectivity index (χ4v) is 3.23. The second-order valence-electron chi connectivity index (χ2n) is 4.61. The highest BCUT2D eigenvalue weighted by molar-refractivity contribution is 7.71. The van der Waals surface area contributed by atoms with Gasteiger partial charge < -0.3 is 4.74 Å². The minimum atomic E-state index is 0.499. The number of nitrogens with zero attached hydrogens (tertiary/aromatic N) is 2. The Morgan fingerprint density at radius 2 is 1.91 bits per heavy atom. The molecule has 0 N–H and O–H groups in total. The Labute approximate surface area is 137 Å². The van der Waals surface area contributed by atoms with Gasteiger partial charge in [0.05, 0.1) is 17.7 Å². The van der Waals surface area contributed by atoms with Crippen molar-refractivity contribution in [3.63, 3.8) is 0 Å². The second-order valence-corrected chi connectivity index (χ2v) is 5.97. The number of hydrogen-bond donors (Lipinski definition) is 0. The molecule has 0 atom stereocenters. The van der Waals surface area contributed by atoms with Crippen molar-refractivity contribution in [3.8, 4) is 33.6 Å². The lowest BCUT2D eigenvalue weighted by Gasteiger charge is -2.09. The summed E-state index contributed by atoms with van der Waals surface area (Å²) >= 11 is 6.96. The SMILES string of the molecule is COc1ccc(-c2cc(-c3cccs3)n(C#N)c(=S)c2)cc1. The van der Waals surface area contributed by atoms with Crippen molar-refractivity contribution in [2.45, 2.75) is 0 Å². The van der Waals surface area contributed by atoms with E-state index in [4.69, 9.17) is 17.0 Å². The molecule has 0 aliphatic rings. The molecule has 1 aromatic carbocycles. The maximum absolute atomic E-state index is 9.36. The highest BCUT2D eigenvalue weighted by Gasteiger charge is 2.09. The number of rotatable bonds is 3. The van der Waals surface area contributed by atoms with Crippen molar-refractivity contribution in [2.75, 3.05) is 7.11 Å². The lowest BCUT2D eigenvalue weighted by atomic mass is 10.1. The van der Waals surface area contributed by atoms with E-state index in [0.717, 1.165) is 27.4 Å². The minimum Gasteiger partial charge on any atom is -0.497 e. The number of nitriles is 1. The fourth-order valence-electron chi connectivity index (χ4n) is 2.23. The van der Waals surface area contributed by atoms with Crippen LogP contribution in [0, 0.1) is 16.1 Å². The van der Waals surface area contributed by atoms with Gasteiger partial charge in [-0.15, -0.1) is 11.3 Å². The Morgan fingerprint density at radius 3 is 2.50 bits per heavy atom. The van der Waals surface area contributed by atoms with Crippen LogP contribution in [0.1, 0.15) is 0 Å². The van der Waals surface area contributed by atoms with E-state index in [-0.39, 0.29) is 0 Å². The van der Waals surface area contributed by atoms with E-state index in [1.165, 1.54) is 4.57 Å². The lowest BCUT2D eigenvalue weighted by Crippen LogP contribution is -1.97. The maximum Gasteiger partial charge on any atom is 0.190 e. The summed E-state index contributed by atoms with van der Waals surface area (Å²) in [7, 11) is 1.64. The van der Waals surface area contributed by atoms with Crippen LogP contribution in [0.4, 0.5) is 0 Å². The van der Waals surface area contributed by atoms with Gasteiger partial charge in [0.2, 0.25) is 0 Å². The topological polar surface area (TPSA) is 38.0 Å². The van der Waals surface area contributed by atoms with Crippen molar-refractivity contribution in [2.24, 2.45) is 0 Å². The highest BCUT2D eigenvalue weighted by atomic mass is 32.1. The highest BCUT2D eigenvalue weighted by Crippen LogP contribution is 2.30. The fraction of sp³-hybridized carbons (Fsp3) is 0.0588. The number of benzene rings is 1. The zero-order chi connectivity index (χ0) is 15.5. The first kappa shape index (κ1) is 14.5. The van der Waals surface area contributed by atoms with Crippen LogP contribution < -0.4 is 4.74 Å². The zero-order valence-electron chi connectivity index (χ0n) is 11.8. The molecule has 5 heteroatoms. The number of ether oxygens (including phenoxy) is 1.